The van der Waals surface area contributed by atoms with Gasteiger partial charge in [-0.25, -0.2) is 0 Å². The predicted molar refractivity (Wildman–Crippen MR) is 77.4 cm³/mol. The quantitative estimate of drug-likeness (QED) is 0.815. The molecular weight excluding hydrogens is 250 g/mol. The zero-order valence-electron chi connectivity index (χ0n) is 11.4. The van der Waals surface area contributed by atoms with Crippen LogP contribution in [0.5, 0.6) is 0 Å². The molecule has 3 unspecified atom stereocenters. The second-order valence-electron chi connectivity index (χ2n) is 5.84. The Morgan fingerprint density at radius 1 is 1.10 bits per heavy atom. The van der Waals surface area contributed by atoms with E-state index >= 15 is 0 Å². The molecule has 0 bridgehead atoms. The third-order valence-electron chi connectivity index (χ3n) is 4.64. The molecule has 0 aromatic heterocycles. The van der Waals surface area contributed by atoms with Gasteiger partial charge in [-0.1, -0.05) is 43.2 Å². The van der Waals surface area contributed by atoms with Crippen LogP contribution in [-0.2, 0) is 4.79 Å². The molecule has 4 nitrogen and oxygen atoms in total. The smallest absolute Gasteiger partial charge is 0.251 e. The Labute approximate surface area is 118 Å². The lowest BCUT2D eigenvalue weighted by Crippen LogP contribution is -2.53. The third-order valence-corrected chi connectivity index (χ3v) is 4.64. The van der Waals surface area contributed by atoms with Crippen LogP contribution in [0.1, 0.15) is 31.2 Å². The standard InChI is InChI=1S/C16H19N3O/c20-15-10-13(11-6-2-1-3-7-11)18-16-17-12-8-4-5-9-14(12)19(15)16/h1-3,6-7,10,12,14,16-18H,4-5,8-9H2. The molecular formula is C16H19N3O. The molecule has 1 aromatic carbocycles. The van der Waals surface area contributed by atoms with Crippen molar-refractivity contribution >= 4 is 11.6 Å². The lowest BCUT2D eigenvalue weighted by molar-refractivity contribution is -0.130. The van der Waals surface area contributed by atoms with Crippen LogP contribution in [0.3, 0.4) is 0 Å². The van der Waals surface area contributed by atoms with Crippen LogP contribution >= 0.6 is 0 Å². The highest BCUT2D eigenvalue weighted by molar-refractivity contribution is 5.97. The Morgan fingerprint density at radius 2 is 1.90 bits per heavy atom. The van der Waals surface area contributed by atoms with E-state index in [1.165, 1.54) is 19.3 Å². The fourth-order valence-electron chi connectivity index (χ4n) is 3.69. The number of nitrogens with zero attached hydrogens (tertiary/aromatic N) is 1. The summed E-state index contributed by atoms with van der Waals surface area (Å²) in [7, 11) is 0. The summed E-state index contributed by atoms with van der Waals surface area (Å²) >= 11 is 0. The molecule has 4 rings (SSSR count). The third kappa shape index (κ3) is 1.83. The molecule has 104 valence electrons. The van der Waals surface area contributed by atoms with Crippen LogP contribution < -0.4 is 10.6 Å². The van der Waals surface area contributed by atoms with Gasteiger partial charge in [0.15, 0.2) is 6.29 Å². The van der Waals surface area contributed by atoms with Gasteiger partial charge in [-0.05, 0) is 18.4 Å². The number of hydrogen-bond donors (Lipinski definition) is 2. The van der Waals surface area contributed by atoms with Gasteiger partial charge >= 0.3 is 0 Å². The molecule has 2 aliphatic heterocycles. The zero-order chi connectivity index (χ0) is 13.5. The summed E-state index contributed by atoms with van der Waals surface area (Å²) in [6, 6.07) is 10.9. The van der Waals surface area contributed by atoms with Gasteiger partial charge in [-0.3, -0.25) is 10.1 Å². The zero-order valence-corrected chi connectivity index (χ0v) is 11.4. The topological polar surface area (TPSA) is 44.4 Å². The highest BCUT2D eigenvalue weighted by atomic mass is 16.2. The number of carbonyl (C=O) groups excluding carboxylic acids is 1. The van der Waals surface area contributed by atoms with Gasteiger partial charge in [0, 0.05) is 17.8 Å². The number of carbonyl (C=O) groups is 1. The van der Waals surface area contributed by atoms with Crippen LogP contribution in [0, 0.1) is 0 Å². The molecule has 1 aromatic rings. The molecule has 0 spiro atoms. The summed E-state index contributed by atoms with van der Waals surface area (Å²) in [6.45, 7) is 0. The molecule has 4 heteroatoms. The summed E-state index contributed by atoms with van der Waals surface area (Å²) < 4.78 is 0. The molecule has 2 heterocycles. The number of nitrogens with one attached hydrogen (secondary N) is 2. The van der Waals surface area contributed by atoms with E-state index in [0.717, 1.165) is 17.7 Å². The first-order valence-corrected chi connectivity index (χ1v) is 7.45. The van der Waals surface area contributed by atoms with Gasteiger partial charge in [0.2, 0.25) is 0 Å². The lowest BCUT2D eigenvalue weighted by atomic mass is 9.91. The summed E-state index contributed by atoms with van der Waals surface area (Å²) in [5.74, 6) is 0.134. The number of fused-ring (bicyclic) bond motifs is 3. The maximum Gasteiger partial charge on any atom is 0.251 e. The lowest BCUT2D eigenvalue weighted by Gasteiger charge is -2.35. The van der Waals surface area contributed by atoms with Gasteiger partial charge in [-0.15, -0.1) is 0 Å². The second kappa shape index (κ2) is 4.63. The van der Waals surface area contributed by atoms with Gasteiger partial charge in [0.25, 0.3) is 5.91 Å². The molecule has 0 radical (unpaired) electrons. The van der Waals surface area contributed by atoms with E-state index in [4.69, 9.17) is 0 Å². The normalized spacial score (nSPS) is 32.2. The van der Waals surface area contributed by atoms with E-state index in [9.17, 15) is 4.79 Å². The first-order chi connectivity index (χ1) is 9.83. The van der Waals surface area contributed by atoms with Gasteiger partial charge in [0.1, 0.15) is 0 Å². The van der Waals surface area contributed by atoms with E-state index in [1.54, 1.807) is 6.08 Å². The van der Waals surface area contributed by atoms with Crippen molar-refractivity contribution in [1.29, 1.82) is 0 Å². The minimum Gasteiger partial charge on any atom is -0.352 e. The van der Waals surface area contributed by atoms with E-state index < -0.39 is 0 Å². The average Bonchev–Trinajstić information content (AvgIpc) is 2.87. The van der Waals surface area contributed by atoms with Crippen molar-refractivity contribution in [2.24, 2.45) is 0 Å². The average molecular weight is 269 g/mol. The summed E-state index contributed by atoms with van der Waals surface area (Å²) in [6.07, 6.45) is 6.49. The highest BCUT2D eigenvalue weighted by Gasteiger charge is 2.45. The fraction of sp³-hybridized carbons (Fsp3) is 0.438. The van der Waals surface area contributed by atoms with Gasteiger partial charge < -0.3 is 10.2 Å². The molecule has 3 atom stereocenters. The van der Waals surface area contributed by atoms with Gasteiger partial charge in [0.05, 0.1) is 6.04 Å². The van der Waals surface area contributed by atoms with E-state index in [-0.39, 0.29) is 12.2 Å². The van der Waals surface area contributed by atoms with Crippen LogP contribution in [0.15, 0.2) is 36.4 Å². The molecule has 20 heavy (non-hydrogen) atoms. The molecule has 1 aliphatic carbocycles. The maximum absolute atomic E-state index is 12.5. The fourth-order valence-corrected chi connectivity index (χ4v) is 3.69. The first kappa shape index (κ1) is 12.0. The van der Waals surface area contributed by atoms with Crippen molar-refractivity contribution < 1.29 is 4.79 Å². The van der Waals surface area contributed by atoms with Crippen molar-refractivity contribution in [3.63, 3.8) is 0 Å². The molecule has 1 saturated heterocycles. The SMILES string of the molecule is O=C1C=C(c2ccccc2)NC2NC3CCCCC3N12. The van der Waals surface area contributed by atoms with Crippen molar-refractivity contribution in [2.45, 2.75) is 44.1 Å². The second-order valence-corrected chi connectivity index (χ2v) is 5.84. The van der Waals surface area contributed by atoms with Crippen molar-refractivity contribution in [1.82, 2.24) is 15.5 Å². The Bertz CT molecular complexity index is 554. The molecule has 3 aliphatic rings. The highest BCUT2D eigenvalue weighted by Crippen LogP contribution is 2.32. The summed E-state index contributed by atoms with van der Waals surface area (Å²) in [5.41, 5.74) is 1.99. The Balaban J connectivity index is 1.63. The summed E-state index contributed by atoms with van der Waals surface area (Å²) in [4.78, 5) is 14.5. The van der Waals surface area contributed by atoms with Crippen LogP contribution in [0.2, 0.25) is 0 Å². The number of hydrogen-bond acceptors (Lipinski definition) is 3. The first-order valence-electron chi connectivity index (χ1n) is 7.45. The largest absolute Gasteiger partial charge is 0.352 e. The summed E-state index contributed by atoms with van der Waals surface area (Å²) in [5, 5.41) is 7.05. The van der Waals surface area contributed by atoms with Gasteiger partial charge in [-0.2, -0.15) is 0 Å². The molecule has 2 fully saturated rings. The molecule has 2 N–H and O–H groups in total. The number of benzene rings is 1. The predicted octanol–water partition coefficient (Wildman–Crippen LogP) is 1.66. The van der Waals surface area contributed by atoms with Crippen molar-refractivity contribution in [2.75, 3.05) is 0 Å². The van der Waals surface area contributed by atoms with E-state index in [2.05, 4.69) is 10.6 Å². The number of rotatable bonds is 1. The monoisotopic (exact) mass is 269 g/mol. The van der Waals surface area contributed by atoms with Crippen molar-refractivity contribution in [3.8, 4) is 0 Å². The van der Waals surface area contributed by atoms with Crippen LogP contribution in [0.25, 0.3) is 5.70 Å². The minimum absolute atomic E-state index is 0.0455. The van der Waals surface area contributed by atoms with Crippen LogP contribution in [0.4, 0.5) is 0 Å². The Hall–Kier alpha value is -1.81. The minimum atomic E-state index is -0.0455. The van der Waals surface area contributed by atoms with E-state index in [1.807, 2.05) is 35.2 Å². The molecule has 1 amide bonds. The number of amides is 1. The Morgan fingerprint density at radius 3 is 2.75 bits per heavy atom. The molecule has 1 saturated carbocycles. The maximum atomic E-state index is 12.5. The Kier molecular flexibility index (Phi) is 2.77. The van der Waals surface area contributed by atoms with Crippen molar-refractivity contribution in [3.05, 3.63) is 42.0 Å². The van der Waals surface area contributed by atoms with Crippen LogP contribution in [-0.4, -0.2) is 29.2 Å². The van der Waals surface area contributed by atoms with E-state index in [0.29, 0.717) is 12.1 Å².